The lowest BCUT2D eigenvalue weighted by Gasteiger charge is -2.25. The van der Waals surface area contributed by atoms with Crippen LogP contribution in [0.25, 0.3) is 0 Å². The van der Waals surface area contributed by atoms with Crippen LogP contribution < -0.4 is 10.6 Å². The second-order valence-corrected chi connectivity index (χ2v) is 6.98. The third-order valence-electron chi connectivity index (χ3n) is 4.76. The highest BCUT2D eigenvalue weighted by Crippen LogP contribution is 2.18. The molecule has 128 valence electrons. The highest BCUT2D eigenvalue weighted by Gasteiger charge is 2.19. The predicted octanol–water partition coefficient (Wildman–Crippen LogP) is 3.29. The van der Waals surface area contributed by atoms with E-state index in [4.69, 9.17) is 0 Å². The Balaban J connectivity index is 1.80. The number of benzene rings is 1. The molecule has 0 bridgehead atoms. The molecule has 1 aromatic rings. The molecule has 1 saturated heterocycles. The van der Waals surface area contributed by atoms with Crippen molar-refractivity contribution in [1.82, 2.24) is 10.6 Å². The summed E-state index contributed by atoms with van der Waals surface area (Å²) in [7, 11) is 0. The molecule has 4 heteroatoms. The average molecular weight is 320 g/mol. The first-order valence-electron chi connectivity index (χ1n) is 8.79. The highest BCUT2D eigenvalue weighted by molar-refractivity contribution is 5.76. The molecule has 1 aromatic carbocycles. The first-order chi connectivity index (χ1) is 11.0. The lowest BCUT2D eigenvalue weighted by atomic mass is 9.92. The summed E-state index contributed by atoms with van der Waals surface area (Å²) in [4.78, 5) is 12.3. The molecule has 1 heterocycles. The Kier molecular flexibility index (Phi) is 7.03. The first-order valence-corrected chi connectivity index (χ1v) is 8.79. The Morgan fingerprint density at radius 2 is 1.91 bits per heavy atom. The van der Waals surface area contributed by atoms with E-state index in [2.05, 4.69) is 24.5 Å². The first kappa shape index (κ1) is 17.9. The van der Waals surface area contributed by atoms with Gasteiger partial charge in [0.2, 0.25) is 5.91 Å². The van der Waals surface area contributed by atoms with E-state index in [0.29, 0.717) is 18.3 Å². The van der Waals surface area contributed by atoms with Crippen LogP contribution in [0.5, 0.6) is 0 Å². The lowest BCUT2D eigenvalue weighted by molar-refractivity contribution is -0.122. The van der Waals surface area contributed by atoms with E-state index in [1.165, 1.54) is 25.0 Å². The molecule has 2 rings (SSSR count). The van der Waals surface area contributed by atoms with Crippen LogP contribution >= 0.6 is 0 Å². The minimum atomic E-state index is -0.221. The summed E-state index contributed by atoms with van der Waals surface area (Å²) in [6, 6.07) is 6.65. The number of halogens is 1. The average Bonchev–Trinajstić information content (AvgIpc) is 2.55. The fourth-order valence-electron chi connectivity index (χ4n) is 3.11. The summed E-state index contributed by atoms with van der Waals surface area (Å²) in [6.07, 6.45) is 4.69. The van der Waals surface area contributed by atoms with Gasteiger partial charge in [-0.15, -0.1) is 0 Å². The number of rotatable bonds is 7. The number of carbonyl (C=O) groups excluding carboxylic acids is 1. The second-order valence-electron chi connectivity index (χ2n) is 6.98. The smallest absolute Gasteiger partial charge is 0.220 e. The van der Waals surface area contributed by atoms with E-state index in [1.807, 2.05) is 0 Å². The van der Waals surface area contributed by atoms with E-state index in [1.54, 1.807) is 12.1 Å². The summed E-state index contributed by atoms with van der Waals surface area (Å²) in [5.41, 5.74) is 1.06. The van der Waals surface area contributed by atoms with Crippen molar-refractivity contribution in [3.05, 3.63) is 35.6 Å². The molecule has 1 amide bonds. The van der Waals surface area contributed by atoms with Gasteiger partial charge in [0.15, 0.2) is 0 Å². The van der Waals surface area contributed by atoms with E-state index >= 15 is 0 Å². The van der Waals surface area contributed by atoms with Crippen LogP contribution in [0.2, 0.25) is 0 Å². The van der Waals surface area contributed by atoms with Gasteiger partial charge in [0.1, 0.15) is 5.82 Å². The topological polar surface area (TPSA) is 41.1 Å². The number of hydrogen-bond donors (Lipinski definition) is 2. The molecule has 3 nitrogen and oxygen atoms in total. The predicted molar refractivity (Wildman–Crippen MR) is 91.7 cm³/mol. The third-order valence-corrected chi connectivity index (χ3v) is 4.76. The number of amides is 1. The van der Waals surface area contributed by atoms with Gasteiger partial charge in [-0.2, -0.15) is 0 Å². The molecular formula is C19H29FN2O. The molecule has 0 aromatic heterocycles. The van der Waals surface area contributed by atoms with Gasteiger partial charge < -0.3 is 10.6 Å². The molecule has 23 heavy (non-hydrogen) atoms. The molecule has 0 aliphatic carbocycles. The highest BCUT2D eigenvalue weighted by atomic mass is 19.1. The zero-order valence-corrected chi connectivity index (χ0v) is 14.3. The summed E-state index contributed by atoms with van der Waals surface area (Å²) in [5, 5.41) is 6.52. The van der Waals surface area contributed by atoms with E-state index < -0.39 is 0 Å². The monoisotopic (exact) mass is 320 g/mol. The van der Waals surface area contributed by atoms with Crippen molar-refractivity contribution in [2.75, 3.05) is 13.1 Å². The van der Waals surface area contributed by atoms with E-state index in [-0.39, 0.29) is 17.8 Å². The van der Waals surface area contributed by atoms with Crippen molar-refractivity contribution in [3.8, 4) is 0 Å². The number of piperidine rings is 1. The van der Waals surface area contributed by atoms with Gasteiger partial charge in [0.05, 0.1) is 0 Å². The van der Waals surface area contributed by atoms with Crippen LogP contribution in [0.1, 0.15) is 45.1 Å². The molecule has 0 radical (unpaired) electrons. The van der Waals surface area contributed by atoms with Crippen molar-refractivity contribution in [2.45, 2.75) is 52.0 Å². The Bertz CT molecular complexity index is 481. The second kappa shape index (κ2) is 9.02. The Morgan fingerprint density at radius 3 is 2.52 bits per heavy atom. The molecule has 0 spiro atoms. The lowest BCUT2D eigenvalue weighted by Crippen LogP contribution is -2.40. The van der Waals surface area contributed by atoms with Gasteiger partial charge >= 0.3 is 0 Å². The summed E-state index contributed by atoms with van der Waals surface area (Å²) in [5.74, 6) is 0.949. The zero-order valence-electron chi connectivity index (χ0n) is 14.3. The van der Waals surface area contributed by atoms with Gasteiger partial charge in [0.25, 0.3) is 0 Å². The standard InChI is InChI=1S/C19H29FN2O/c1-14(2)18(13-16-3-6-17(20)7-4-16)22-19(23)8-5-15-9-11-21-12-10-15/h3-4,6-7,14-15,18,21H,5,8-13H2,1-2H3,(H,22,23). The number of nitrogens with one attached hydrogen (secondary N) is 2. The van der Waals surface area contributed by atoms with Crippen molar-refractivity contribution in [3.63, 3.8) is 0 Å². The van der Waals surface area contributed by atoms with E-state index in [9.17, 15) is 9.18 Å². The number of carbonyl (C=O) groups is 1. The Labute approximate surface area is 139 Å². The summed E-state index contributed by atoms with van der Waals surface area (Å²) in [6.45, 7) is 6.37. The van der Waals surface area contributed by atoms with Crippen molar-refractivity contribution in [1.29, 1.82) is 0 Å². The van der Waals surface area contributed by atoms with Crippen LogP contribution in [-0.2, 0) is 11.2 Å². The van der Waals surface area contributed by atoms with Gasteiger partial charge in [-0.25, -0.2) is 4.39 Å². The summed E-state index contributed by atoms with van der Waals surface area (Å²) >= 11 is 0. The maximum Gasteiger partial charge on any atom is 0.220 e. The van der Waals surface area contributed by atoms with Crippen LogP contribution in [0.15, 0.2) is 24.3 Å². The van der Waals surface area contributed by atoms with Crippen LogP contribution in [0.3, 0.4) is 0 Å². The van der Waals surface area contributed by atoms with Crippen LogP contribution in [0.4, 0.5) is 4.39 Å². The van der Waals surface area contributed by atoms with Gasteiger partial charge in [0, 0.05) is 12.5 Å². The fourth-order valence-corrected chi connectivity index (χ4v) is 3.11. The van der Waals surface area contributed by atoms with E-state index in [0.717, 1.165) is 31.5 Å². The SMILES string of the molecule is CC(C)C(Cc1ccc(F)cc1)NC(=O)CCC1CCNCC1. The molecule has 1 atom stereocenters. The minimum absolute atomic E-state index is 0.0981. The normalized spacial score (nSPS) is 17.2. The van der Waals surface area contributed by atoms with Crippen molar-refractivity contribution in [2.24, 2.45) is 11.8 Å². The largest absolute Gasteiger partial charge is 0.353 e. The maximum atomic E-state index is 13.0. The molecule has 1 fully saturated rings. The van der Waals surface area contributed by atoms with Gasteiger partial charge in [-0.1, -0.05) is 26.0 Å². The van der Waals surface area contributed by atoms with Crippen LogP contribution in [0, 0.1) is 17.7 Å². The fraction of sp³-hybridized carbons (Fsp3) is 0.632. The van der Waals surface area contributed by atoms with Crippen molar-refractivity contribution >= 4 is 5.91 Å². The number of hydrogen-bond acceptors (Lipinski definition) is 2. The molecule has 1 aliphatic heterocycles. The third kappa shape index (κ3) is 6.30. The van der Waals surface area contributed by atoms with Crippen LogP contribution in [-0.4, -0.2) is 25.0 Å². The molecule has 1 aliphatic rings. The molecule has 1 unspecified atom stereocenters. The zero-order chi connectivity index (χ0) is 16.7. The maximum absolute atomic E-state index is 13.0. The minimum Gasteiger partial charge on any atom is -0.353 e. The van der Waals surface area contributed by atoms with Crippen molar-refractivity contribution < 1.29 is 9.18 Å². The Morgan fingerprint density at radius 1 is 1.26 bits per heavy atom. The quantitative estimate of drug-likeness (QED) is 0.809. The Hall–Kier alpha value is -1.42. The summed E-state index contributed by atoms with van der Waals surface area (Å²) < 4.78 is 13.0. The van der Waals surface area contributed by atoms with Gasteiger partial charge in [-0.3, -0.25) is 4.79 Å². The molecular weight excluding hydrogens is 291 g/mol. The molecule has 2 N–H and O–H groups in total. The van der Waals surface area contributed by atoms with Gasteiger partial charge in [-0.05, 0) is 68.3 Å². The molecule has 0 saturated carbocycles.